The van der Waals surface area contributed by atoms with Gasteiger partial charge in [-0.05, 0) is 6.42 Å². The standard InChI is InChI=1S/C11H18O/c1-2-3-4-5-6-7-8-9-10-11-12/h11H,2-6,9-10H2,1H3. The molecule has 0 aromatic carbocycles. The van der Waals surface area contributed by atoms with Crippen molar-refractivity contribution in [3.63, 3.8) is 0 Å². The largest absolute Gasteiger partial charge is 0.303 e. The van der Waals surface area contributed by atoms with Gasteiger partial charge in [0.05, 0.1) is 0 Å². The summed E-state index contributed by atoms with van der Waals surface area (Å²) in [6.45, 7) is 2.20. The molecule has 0 aromatic rings. The fourth-order valence-corrected chi connectivity index (χ4v) is 0.948. The van der Waals surface area contributed by atoms with Crippen LogP contribution in [0.3, 0.4) is 0 Å². The third kappa shape index (κ3) is 9.23. The topological polar surface area (TPSA) is 17.1 Å². The Kier molecular flexibility index (Phi) is 9.57. The van der Waals surface area contributed by atoms with Crippen molar-refractivity contribution in [1.29, 1.82) is 0 Å². The van der Waals surface area contributed by atoms with Crippen molar-refractivity contribution in [3.05, 3.63) is 0 Å². The summed E-state index contributed by atoms with van der Waals surface area (Å²) in [7, 11) is 0. The molecule has 0 aliphatic heterocycles. The van der Waals surface area contributed by atoms with Crippen molar-refractivity contribution in [2.45, 2.75) is 51.9 Å². The SMILES string of the molecule is CCCCCCC#CCCC=O. The van der Waals surface area contributed by atoms with Gasteiger partial charge in [-0.2, -0.15) is 0 Å². The molecule has 0 saturated carbocycles. The lowest BCUT2D eigenvalue weighted by molar-refractivity contribution is -0.107. The summed E-state index contributed by atoms with van der Waals surface area (Å²) in [6.07, 6.45) is 8.33. The molecule has 0 aromatic heterocycles. The van der Waals surface area contributed by atoms with Gasteiger partial charge in [0.15, 0.2) is 0 Å². The number of unbranched alkanes of at least 4 members (excludes halogenated alkanes) is 5. The normalized spacial score (nSPS) is 8.75. The minimum absolute atomic E-state index is 0.585. The second-order valence-electron chi connectivity index (χ2n) is 2.87. The van der Waals surface area contributed by atoms with Crippen LogP contribution in [0.25, 0.3) is 0 Å². The first-order valence-electron chi connectivity index (χ1n) is 4.81. The lowest BCUT2D eigenvalue weighted by Crippen LogP contribution is -1.75. The molecule has 0 rings (SSSR count). The molecule has 0 N–H and O–H groups in total. The van der Waals surface area contributed by atoms with E-state index in [1.807, 2.05) is 0 Å². The van der Waals surface area contributed by atoms with Crippen LogP contribution in [0.4, 0.5) is 0 Å². The Morgan fingerprint density at radius 2 is 1.83 bits per heavy atom. The van der Waals surface area contributed by atoms with Gasteiger partial charge in [-0.25, -0.2) is 0 Å². The monoisotopic (exact) mass is 166 g/mol. The van der Waals surface area contributed by atoms with Crippen LogP contribution in [0.15, 0.2) is 0 Å². The van der Waals surface area contributed by atoms with E-state index in [1.165, 1.54) is 25.7 Å². The molecule has 0 spiro atoms. The molecular formula is C11H18O. The Morgan fingerprint density at radius 1 is 1.08 bits per heavy atom. The molecule has 0 bridgehead atoms. The van der Waals surface area contributed by atoms with Crippen LogP contribution in [0.2, 0.25) is 0 Å². The van der Waals surface area contributed by atoms with Gasteiger partial charge in [-0.1, -0.05) is 26.2 Å². The Labute approximate surface area is 75.5 Å². The molecule has 0 heterocycles. The third-order valence-electron chi connectivity index (χ3n) is 1.67. The lowest BCUT2D eigenvalue weighted by atomic mass is 10.1. The number of hydrogen-bond donors (Lipinski definition) is 0. The first-order chi connectivity index (χ1) is 5.91. The van der Waals surface area contributed by atoms with Crippen molar-refractivity contribution in [1.82, 2.24) is 0 Å². The molecule has 0 aliphatic rings. The van der Waals surface area contributed by atoms with Crippen molar-refractivity contribution in [3.8, 4) is 11.8 Å². The highest BCUT2D eigenvalue weighted by atomic mass is 16.1. The summed E-state index contributed by atoms with van der Waals surface area (Å²) < 4.78 is 0. The molecule has 0 unspecified atom stereocenters. The highest BCUT2D eigenvalue weighted by molar-refractivity contribution is 5.49. The van der Waals surface area contributed by atoms with E-state index in [2.05, 4.69) is 18.8 Å². The number of carbonyl (C=O) groups is 1. The Hall–Kier alpha value is -0.770. The average Bonchev–Trinajstić information content (AvgIpc) is 2.10. The van der Waals surface area contributed by atoms with Crippen LogP contribution in [-0.2, 0) is 4.79 Å². The predicted molar refractivity (Wildman–Crippen MR) is 51.8 cm³/mol. The summed E-state index contributed by atoms with van der Waals surface area (Å²) in [5, 5.41) is 0. The predicted octanol–water partition coefficient (Wildman–Crippen LogP) is 2.94. The molecule has 12 heavy (non-hydrogen) atoms. The van der Waals surface area contributed by atoms with Crippen LogP contribution in [0.1, 0.15) is 51.9 Å². The highest BCUT2D eigenvalue weighted by Gasteiger charge is 1.83. The van der Waals surface area contributed by atoms with Crippen molar-refractivity contribution in [2.24, 2.45) is 0 Å². The van der Waals surface area contributed by atoms with E-state index in [9.17, 15) is 4.79 Å². The maximum absolute atomic E-state index is 9.91. The molecule has 1 nitrogen and oxygen atoms in total. The van der Waals surface area contributed by atoms with Gasteiger partial charge in [0.1, 0.15) is 6.29 Å². The number of rotatable bonds is 6. The van der Waals surface area contributed by atoms with Crippen LogP contribution < -0.4 is 0 Å². The maximum Gasteiger partial charge on any atom is 0.120 e. The third-order valence-corrected chi connectivity index (χ3v) is 1.67. The van der Waals surface area contributed by atoms with Crippen LogP contribution >= 0.6 is 0 Å². The molecular weight excluding hydrogens is 148 g/mol. The number of hydrogen-bond acceptors (Lipinski definition) is 1. The summed E-state index contributed by atoms with van der Waals surface area (Å²) in [5.41, 5.74) is 0. The van der Waals surface area contributed by atoms with Gasteiger partial charge in [-0.3, -0.25) is 0 Å². The van der Waals surface area contributed by atoms with Crippen LogP contribution in [0.5, 0.6) is 0 Å². The second kappa shape index (κ2) is 10.2. The number of carbonyl (C=O) groups excluding carboxylic acids is 1. The fourth-order valence-electron chi connectivity index (χ4n) is 0.948. The number of aldehydes is 1. The zero-order valence-corrected chi connectivity index (χ0v) is 7.94. The van der Waals surface area contributed by atoms with Crippen molar-refractivity contribution in [2.75, 3.05) is 0 Å². The molecule has 0 aliphatic carbocycles. The lowest BCUT2D eigenvalue weighted by Gasteiger charge is -1.91. The maximum atomic E-state index is 9.91. The quantitative estimate of drug-likeness (QED) is 0.337. The van der Waals surface area contributed by atoms with Crippen molar-refractivity contribution < 1.29 is 4.79 Å². The van der Waals surface area contributed by atoms with E-state index in [-0.39, 0.29) is 0 Å². The first-order valence-corrected chi connectivity index (χ1v) is 4.81. The minimum atomic E-state index is 0.585. The first kappa shape index (κ1) is 11.2. The Bertz CT molecular complexity index is 150. The zero-order valence-electron chi connectivity index (χ0n) is 7.94. The summed E-state index contributed by atoms with van der Waals surface area (Å²) in [5.74, 6) is 6.05. The van der Waals surface area contributed by atoms with Gasteiger partial charge < -0.3 is 4.79 Å². The molecule has 68 valence electrons. The van der Waals surface area contributed by atoms with E-state index in [4.69, 9.17) is 0 Å². The van der Waals surface area contributed by atoms with Gasteiger partial charge in [0.2, 0.25) is 0 Å². The molecule has 1 heteroatoms. The van der Waals surface area contributed by atoms with Gasteiger partial charge >= 0.3 is 0 Å². The Morgan fingerprint density at radius 3 is 2.50 bits per heavy atom. The molecule has 0 radical (unpaired) electrons. The summed E-state index contributed by atoms with van der Waals surface area (Å²) in [4.78, 5) is 9.91. The summed E-state index contributed by atoms with van der Waals surface area (Å²) in [6, 6.07) is 0. The van der Waals surface area contributed by atoms with Gasteiger partial charge in [0, 0.05) is 19.3 Å². The van der Waals surface area contributed by atoms with Crippen molar-refractivity contribution >= 4 is 6.29 Å². The highest BCUT2D eigenvalue weighted by Crippen LogP contribution is 2.00. The Balaban J connectivity index is 3.04. The smallest absolute Gasteiger partial charge is 0.120 e. The molecule has 0 fully saturated rings. The fraction of sp³-hybridized carbons (Fsp3) is 0.727. The molecule has 0 saturated heterocycles. The van der Waals surface area contributed by atoms with E-state index < -0.39 is 0 Å². The van der Waals surface area contributed by atoms with Crippen LogP contribution in [0, 0.1) is 11.8 Å². The van der Waals surface area contributed by atoms with E-state index in [0.29, 0.717) is 6.42 Å². The zero-order chi connectivity index (χ0) is 9.07. The molecule has 0 atom stereocenters. The molecule has 0 amide bonds. The average molecular weight is 166 g/mol. The minimum Gasteiger partial charge on any atom is -0.303 e. The van der Waals surface area contributed by atoms with Gasteiger partial charge in [-0.15, -0.1) is 11.8 Å². The van der Waals surface area contributed by atoms with E-state index in [0.717, 1.165) is 19.1 Å². The second-order valence-corrected chi connectivity index (χ2v) is 2.87. The van der Waals surface area contributed by atoms with E-state index >= 15 is 0 Å². The van der Waals surface area contributed by atoms with Gasteiger partial charge in [0.25, 0.3) is 0 Å². The van der Waals surface area contributed by atoms with E-state index in [1.54, 1.807) is 0 Å². The van der Waals surface area contributed by atoms with Crippen LogP contribution in [-0.4, -0.2) is 6.29 Å². The summed E-state index contributed by atoms with van der Waals surface area (Å²) >= 11 is 0.